The summed E-state index contributed by atoms with van der Waals surface area (Å²) in [4.78, 5) is 0. The van der Waals surface area contributed by atoms with Crippen LogP contribution in [0.3, 0.4) is 0 Å². The molecular weight excluding hydrogens is 420 g/mol. The van der Waals surface area contributed by atoms with Crippen molar-refractivity contribution < 1.29 is 16.8 Å². The second kappa shape index (κ2) is 8.41. The van der Waals surface area contributed by atoms with Crippen molar-refractivity contribution in [3.63, 3.8) is 0 Å². The van der Waals surface area contributed by atoms with E-state index in [9.17, 15) is 16.8 Å². The highest BCUT2D eigenvalue weighted by atomic mass is 35.5. The third-order valence-electron chi connectivity index (χ3n) is 4.58. The summed E-state index contributed by atoms with van der Waals surface area (Å²) in [7, 11) is -6.89. The van der Waals surface area contributed by atoms with Crippen LogP contribution in [0.2, 0.25) is 5.02 Å². The first-order valence-electron chi connectivity index (χ1n) is 9.03. The molecule has 152 valence electrons. The molecule has 0 saturated carbocycles. The van der Waals surface area contributed by atoms with Gasteiger partial charge in [-0.25, -0.2) is 16.8 Å². The Hall–Kier alpha value is -1.61. The van der Waals surface area contributed by atoms with Crippen molar-refractivity contribution in [3.05, 3.63) is 64.2 Å². The van der Waals surface area contributed by atoms with E-state index >= 15 is 0 Å². The van der Waals surface area contributed by atoms with Crippen LogP contribution in [0.15, 0.2) is 42.5 Å². The van der Waals surface area contributed by atoms with Gasteiger partial charge in [0.2, 0.25) is 20.0 Å². The van der Waals surface area contributed by atoms with E-state index in [0.717, 1.165) is 11.1 Å². The van der Waals surface area contributed by atoms with E-state index in [-0.39, 0.29) is 18.1 Å². The zero-order chi connectivity index (χ0) is 20.4. The highest BCUT2D eigenvalue weighted by Crippen LogP contribution is 2.25. The molecule has 6 nitrogen and oxygen atoms in total. The third-order valence-corrected chi connectivity index (χ3v) is 8.12. The van der Waals surface area contributed by atoms with Gasteiger partial charge in [-0.05, 0) is 53.8 Å². The number of fused-ring (bicyclic) bond motifs is 1. The van der Waals surface area contributed by atoms with E-state index in [1.165, 1.54) is 4.31 Å². The Labute approximate surface area is 171 Å². The van der Waals surface area contributed by atoms with Gasteiger partial charge in [0.25, 0.3) is 0 Å². The van der Waals surface area contributed by atoms with Crippen molar-refractivity contribution in [2.75, 3.05) is 17.0 Å². The number of hydrogen-bond donors (Lipinski definition) is 1. The summed E-state index contributed by atoms with van der Waals surface area (Å²) in [5, 5.41) is 0.548. The summed E-state index contributed by atoms with van der Waals surface area (Å²) in [6.07, 6.45) is 1.19. The normalized spacial score (nSPS) is 15.2. The molecule has 3 rings (SSSR count). The first-order valence-corrected chi connectivity index (χ1v) is 12.7. The lowest BCUT2D eigenvalue weighted by Gasteiger charge is -2.28. The summed E-state index contributed by atoms with van der Waals surface area (Å²) in [6, 6.07) is 11.9. The Kier molecular flexibility index (Phi) is 6.34. The molecule has 0 aliphatic carbocycles. The van der Waals surface area contributed by atoms with Crippen LogP contribution in [-0.2, 0) is 38.8 Å². The van der Waals surface area contributed by atoms with Gasteiger partial charge in [-0.1, -0.05) is 36.7 Å². The van der Waals surface area contributed by atoms with E-state index < -0.39 is 20.0 Å². The van der Waals surface area contributed by atoms with E-state index in [0.29, 0.717) is 35.7 Å². The first-order chi connectivity index (χ1) is 13.2. The maximum absolute atomic E-state index is 12.5. The largest absolute Gasteiger partial charge is 0.283 e. The van der Waals surface area contributed by atoms with Crippen LogP contribution in [0.4, 0.5) is 5.69 Å². The number of sulfonamides is 2. The number of rotatable bonds is 7. The Morgan fingerprint density at radius 3 is 2.43 bits per heavy atom. The molecule has 0 bridgehead atoms. The van der Waals surface area contributed by atoms with Gasteiger partial charge in [0.15, 0.2) is 0 Å². The summed E-state index contributed by atoms with van der Waals surface area (Å²) >= 11 is 5.83. The molecule has 0 atom stereocenters. The number of anilines is 1. The average Bonchev–Trinajstić information content (AvgIpc) is 2.62. The standard InChI is InChI=1S/C19H23ClN2O4S2/c1-2-11-28(25,26)22-10-9-16-5-8-19(12-17(16)13-22)21-27(23,24)14-15-3-6-18(20)7-4-15/h3-8,12,21H,2,9-11,13-14H2,1H3. The van der Waals surface area contributed by atoms with Gasteiger partial charge in [-0.3, -0.25) is 4.72 Å². The van der Waals surface area contributed by atoms with Crippen LogP contribution >= 0.6 is 11.6 Å². The van der Waals surface area contributed by atoms with Gasteiger partial charge in [0, 0.05) is 23.8 Å². The molecule has 0 unspecified atom stereocenters. The number of halogens is 1. The molecule has 1 heterocycles. The average molecular weight is 443 g/mol. The van der Waals surface area contributed by atoms with Crippen molar-refractivity contribution in [2.24, 2.45) is 0 Å². The van der Waals surface area contributed by atoms with Gasteiger partial charge in [-0.15, -0.1) is 0 Å². The minimum absolute atomic E-state index is 0.121. The van der Waals surface area contributed by atoms with Gasteiger partial charge >= 0.3 is 0 Å². The minimum atomic E-state index is -3.60. The number of nitrogens with one attached hydrogen (secondary N) is 1. The van der Waals surface area contributed by atoms with Gasteiger partial charge in [0.1, 0.15) is 0 Å². The molecule has 0 spiro atoms. The van der Waals surface area contributed by atoms with E-state index in [2.05, 4.69) is 4.72 Å². The van der Waals surface area contributed by atoms with Crippen LogP contribution in [0.5, 0.6) is 0 Å². The van der Waals surface area contributed by atoms with Gasteiger partial charge < -0.3 is 0 Å². The molecular formula is C19H23ClN2O4S2. The monoisotopic (exact) mass is 442 g/mol. The Balaban J connectivity index is 1.75. The summed E-state index contributed by atoms with van der Waals surface area (Å²) in [5.74, 6) is -0.0476. The van der Waals surface area contributed by atoms with Crippen molar-refractivity contribution in [1.29, 1.82) is 0 Å². The Morgan fingerprint density at radius 1 is 1.04 bits per heavy atom. The van der Waals surface area contributed by atoms with Gasteiger partial charge in [0.05, 0.1) is 11.5 Å². The molecule has 1 N–H and O–H groups in total. The van der Waals surface area contributed by atoms with E-state index in [4.69, 9.17) is 11.6 Å². The zero-order valence-corrected chi connectivity index (χ0v) is 17.9. The SMILES string of the molecule is CCCS(=O)(=O)N1CCc2ccc(NS(=O)(=O)Cc3ccc(Cl)cc3)cc2C1. The first kappa shape index (κ1) is 21.1. The maximum Gasteiger partial charge on any atom is 0.236 e. The molecule has 9 heteroatoms. The highest BCUT2D eigenvalue weighted by molar-refractivity contribution is 7.91. The lowest BCUT2D eigenvalue weighted by molar-refractivity contribution is 0.391. The molecule has 0 aromatic heterocycles. The Bertz CT molecular complexity index is 1050. The molecule has 1 aliphatic heterocycles. The number of hydrogen-bond acceptors (Lipinski definition) is 4. The minimum Gasteiger partial charge on any atom is -0.283 e. The molecule has 1 aliphatic rings. The number of nitrogens with zero attached hydrogens (tertiary/aromatic N) is 1. The maximum atomic E-state index is 12.5. The molecule has 2 aromatic rings. The second-order valence-corrected chi connectivity index (χ2v) is 11.1. The predicted molar refractivity (Wildman–Crippen MR) is 112 cm³/mol. The van der Waals surface area contributed by atoms with Crippen molar-refractivity contribution >= 4 is 37.3 Å². The van der Waals surface area contributed by atoms with Crippen LogP contribution < -0.4 is 4.72 Å². The Morgan fingerprint density at radius 2 is 1.75 bits per heavy atom. The third kappa shape index (κ3) is 5.26. The van der Waals surface area contributed by atoms with Crippen LogP contribution in [0.1, 0.15) is 30.0 Å². The van der Waals surface area contributed by atoms with E-state index in [1.807, 2.05) is 13.0 Å². The van der Waals surface area contributed by atoms with Crippen molar-refractivity contribution in [2.45, 2.75) is 32.1 Å². The smallest absolute Gasteiger partial charge is 0.236 e. The topological polar surface area (TPSA) is 83.6 Å². The fourth-order valence-electron chi connectivity index (χ4n) is 3.23. The summed E-state index contributed by atoms with van der Waals surface area (Å²) in [6.45, 7) is 2.56. The summed E-state index contributed by atoms with van der Waals surface area (Å²) < 4.78 is 53.7. The lowest BCUT2D eigenvalue weighted by atomic mass is 10.0. The molecule has 28 heavy (non-hydrogen) atoms. The van der Waals surface area contributed by atoms with Crippen molar-refractivity contribution in [3.8, 4) is 0 Å². The van der Waals surface area contributed by atoms with Gasteiger partial charge in [-0.2, -0.15) is 4.31 Å². The molecule has 0 amide bonds. The van der Waals surface area contributed by atoms with E-state index in [1.54, 1.807) is 36.4 Å². The lowest BCUT2D eigenvalue weighted by Crippen LogP contribution is -2.37. The molecule has 2 aromatic carbocycles. The zero-order valence-electron chi connectivity index (χ0n) is 15.6. The second-order valence-electron chi connectivity index (χ2n) is 6.87. The molecule has 0 saturated heterocycles. The van der Waals surface area contributed by atoms with Crippen molar-refractivity contribution in [1.82, 2.24) is 4.31 Å². The fourth-order valence-corrected chi connectivity index (χ4v) is 6.03. The predicted octanol–water partition coefficient (Wildman–Crippen LogP) is 3.38. The summed E-state index contributed by atoms with van der Waals surface area (Å²) in [5.41, 5.74) is 2.94. The van der Waals surface area contributed by atoms with Crippen LogP contribution in [-0.4, -0.2) is 33.4 Å². The molecule has 0 radical (unpaired) electrons. The quantitative estimate of drug-likeness (QED) is 0.712. The fraction of sp³-hybridized carbons (Fsp3) is 0.368. The van der Waals surface area contributed by atoms with Crippen LogP contribution in [0, 0.1) is 0 Å². The highest BCUT2D eigenvalue weighted by Gasteiger charge is 2.26. The number of benzene rings is 2. The molecule has 0 fully saturated rings. The van der Waals surface area contributed by atoms with Crippen LogP contribution in [0.25, 0.3) is 0 Å².